The monoisotopic (exact) mass is 319 g/mol. The molecule has 1 aromatic carbocycles. The van der Waals surface area contributed by atoms with Crippen LogP contribution in [0.2, 0.25) is 0 Å². The van der Waals surface area contributed by atoms with Gasteiger partial charge in [0, 0.05) is 11.1 Å². The molecule has 2 aromatic heterocycles. The molecule has 21 heavy (non-hydrogen) atoms. The Labute approximate surface area is 130 Å². The molecule has 0 radical (unpaired) electrons. The van der Waals surface area contributed by atoms with Gasteiger partial charge in [-0.1, -0.05) is 0 Å². The molecule has 0 saturated heterocycles. The van der Waals surface area contributed by atoms with E-state index in [2.05, 4.69) is 15.3 Å². The minimum Gasteiger partial charge on any atom is -0.331 e. The third-order valence-electron chi connectivity index (χ3n) is 3.07. The minimum absolute atomic E-state index is 0.228. The molecule has 6 heteroatoms. The molecule has 3 rings (SSSR count). The maximum Gasteiger partial charge on any atom is 0.187 e. The molecule has 0 aliphatic carbocycles. The minimum atomic E-state index is -0.228. The lowest BCUT2D eigenvalue weighted by atomic mass is 10.2. The zero-order valence-electron chi connectivity index (χ0n) is 11.9. The maximum absolute atomic E-state index is 13.1. The highest BCUT2D eigenvalue weighted by molar-refractivity contribution is 7.16. The largest absolute Gasteiger partial charge is 0.331 e. The fourth-order valence-electron chi connectivity index (χ4n) is 2.09. The number of aryl methyl sites for hydroxylation is 3. The fourth-order valence-corrected chi connectivity index (χ4v) is 3.76. The summed E-state index contributed by atoms with van der Waals surface area (Å²) in [4.78, 5) is 10.1. The molecule has 2 heterocycles. The first-order valence-corrected chi connectivity index (χ1v) is 8.15. The van der Waals surface area contributed by atoms with Crippen LogP contribution < -0.4 is 5.32 Å². The van der Waals surface area contributed by atoms with Gasteiger partial charge in [-0.15, -0.1) is 22.7 Å². The third-order valence-corrected chi connectivity index (χ3v) is 4.92. The van der Waals surface area contributed by atoms with Crippen LogP contribution in [0, 0.1) is 26.6 Å². The average molecular weight is 319 g/mol. The first-order valence-electron chi connectivity index (χ1n) is 6.46. The van der Waals surface area contributed by atoms with Crippen LogP contribution in [0.25, 0.3) is 10.6 Å². The Hall–Kier alpha value is -1.79. The molecule has 0 aliphatic rings. The molecule has 108 valence electrons. The zero-order chi connectivity index (χ0) is 15.0. The number of anilines is 2. The number of nitrogens with zero attached hydrogens (tertiary/aromatic N) is 2. The first-order chi connectivity index (χ1) is 10.0. The van der Waals surface area contributed by atoms with E-state index in [0.717, 1.165) is 37.7 Å². The molecule has 0 fully saturated rings. The summed E-state index contributed by atoms with van der Waals surface area (Å²) in [5.74, 6) is -0.228. The van der Waals surface area contributed by atoms with Crippen molar-refractivity contribution in [1.82, 2.24) is 9.97 Å². The van der Waals surface area contributed by atoms with E-state index in [-0.39, 0.29) is 5.82 Å². The van der Waals surface area contributed by atoms with Crippen molar-refractivity contribution < 1.29 is 4.39 Å². The van der Waals surface area contributed by atoms with Gasteiger partial charge >= 0.3 is 0 Å². The Kier molecular flexibility index (Phi) is 3.73. The SMILES string of the molecule is Cc1nc(C)c(-c2csc(Nc3ccc(F)cc3C)n2)s1. The van der Waals surface area contributed by atoms with Crippen molar-refractivity contribution in [3.05, 3.63) is 45.7 Å². The molecule has 1 N–H and O–H groups in total. The molecular formula is C15H14FN3S2. The lowest BCUT2D eigenvalue weighted by Gasteiger charge is -2.06. The second kappa shape index (κ2) is 5.54. The van der Waals surface area contributed by atoms with E-state index in [9.17, 15) is 4.39 Å². The summed E-state index contributed by atoms with van der Waals surface area (Å²) in [6.07, 6.45) is 0. The number of hydrogen-bond donors (Lipinski definition) is 1. The van der Waals surface area contributed by atoms with E-state index in [4.69, 9.17) is 0 Å². The number of benzene rings is 1. The van der Waals surface area contributed by atoms with Gasteiger partial charge < -0.3 is 5.32 Å². The summed E-state index contributed by atoms with van der Waals surface area (Å²) in [5, 5.41) is 7.09. The average Bonchev–Trinajstić information content (AvgIpc) is 2.99. The highest BCUT2D eigenvalue weighted by Gasteiger charge is 2.12. The Morgan fingerprint density at radius 2 is 1.95 bits per heavy atom. The van der Waals surface area contributed by atoms with Crippen LogP contribution in [-0.4, -0.2) is 9.97 Å². The fraction of sp³-hybridized carbons (Fsp3) is 0.200. The molecule has 0 amide bonds. The summed E-state index contributed by atoms with van der Waals surface area (Å²) in [7, 11) is 0. The van der Waals surface area contributed by atoms with Gasteiger partial charge in [-0.05, 0) is 44.5 Å². The number of hydrogen-bond acceptors (Lipinski definition) is 5. The quantitative estimate of drug-likeness (QED) is 0.732. The molecule has 0 unspecified atom stereocenters. The van der Waals surface area contributed by atoms with Gasteiger partial charge in [-0.2, -0.15) is 0 Å². The van der Waals surface area contributed by atoms with E-state index in [1.54, 1.807) is 17.4 Å². The van der Waals surface area contributed by atoms with E-state index < -0.39 is 0 Å². The van der Waals surface area contributed by atoms with Crippen LogP contribution >= 0.6 is 22.7 Å². The standard InChI is InChI=1S/C15H14FN3S2/c1-8-6-11(16)4-5-12(8)18-15-19-13(7-20-15)14-9(2)17-10(3)21-14/h4-7H,1-3H3,(H,18,19). The predicted molar refractivity (Wildman–Crippen MR) is 87.1 cm³/mol. The smallest absolute Gasteiger partial charge is 0.187 e. The van der Waals surface area contributed by atoms with Crippen molar-refractivity contribution in [2.75, 3.05) is 5.32 Å². The van der Waals surface area contributed by atoms with Gasteiger partial charge in [0.1, 0.15) is 5.82 Å². The van der Waals surface area contributed by atoms with Crippen LogP contribution in [0.1, 0.15) is 16.3 Å². The van der Waals surface area contributed by atoms with E-state index in [0.29, 0.717) is 0 Å². The van der Waals surface area contributed by atoms with Gasteiger partial charge in [0.15, 0.2) is 5.13 Å². The molecule has 0 saturated carbocycles. The van der Waals surface area contributed by atoms with Gasteiger partial charge in [-0.25, -0.2) is 14.4 Å². The number of nitrogens with one attached hydrogen (secondary N) is 1. The molecular weight excluding hydrogens is 305 g/mol. The summed E-state index contributed by atoms with van der Waals surface area (Å²) in [6, 6.07) is 4.68. The molecule has 0 atom stereocenters. The van der Waals surface area contributed by atoms with Gasteiger partial charge in [0.05, 0.1) is 21.3 Å². The predicted octanol–water partition coefficient (Wildman–Crippen LogP) is 5.07. The normalized spacial score (nSPS) is 10.9. The van der Waals surface area contributed by atoms with Crippen molar-refractivity contribution in [2.45, 2.75) is 20.8 Å². The summed E-state index contributed by atoms with van der Waals surface area (Å²) in [6.45, 7) is 5.86. The van der Waals surface area contributed by atoms with Crippen molar-refractivity contribution in [1.29, 1.82) is 0 Å². The summed E-state index contributed by atoms with van der Waals surface area (Å²) >= 11 is 3.18. The molecule has 0 bridgehead atoms. The Morgan fingerprint density at radius 1 is 1.14 bits per heavy atom. The highest BCUT2D eigenvalue weighted by Crippen LogP contribution is 2.33. The van der Waals surface area contributed by atoms with Crippen molar-refractivity contribution in [3.63, 3.8) is 0 Å². The molecule has 3 aromatic rings. The summed E-state index contributed by atoms with van der Waals surface area (Å²) in [5.41, 5.74) is 3.67. The molecule has 0 aliphatic heterocycles. The van der Waals surface area contributed by atoms with Crippen molar-refractivity contribution in [2.24, 2.45) is 0 Å². The van der Waals surface area contributed by atoms with Gasteiger partial charge in [0.2, 0.25) is 0 Å². The second-order valence-corrected chi connectivity index (χ2v) is 6.83. The van der Waals surface area contributed by atoms with E-state index in [1.165, 1.54) is 23.5 Å². The first kappa shape index (κ1) is 14.2. The number of aromatic nitrogens is 2. The number of halogens is 1. The van der Waals surface area contributed by atoms with Crippen LogP contribution in [0.15, 0.2) is 23.6 Å². The van der Waals surface area contributed by atoms with E-state index >= 15 is 0 Å². The van der Waals surface area contributed by atoms with Gasteiger partial charge in [0.25, 0.3) is 0 Å². The van der Waals surface area contributed by atoms with Crippen LogP contribution in [0.3, 0.4) is 0 Å². The number of thiazole rings is 2. The van der Waals surface area contributed by atoms with Gasteiger partial charge in [-0.3, -0.25) is 0 Å². The Bertz CT molecular complexity index is 792. The number of rotatable bonds is 3. The van der Waals surface area contributed by atoms with Crippen molar-refractivity contribution >= 4 is 33.5 Å². The second-order valence-electron chi connectivity index (χ2n) is 4.77. The topological polar surface area (TPSA) is 37.8 Å². The lowest BCUT2D eigenvalue weighted by molar-refractivity contribution is 0.627. The van der Waals surface area contributed by atoms with Crippen molar-refractivity contribution in [3.8, 4) is 10.6 Å². The lowest BCUT2D eigenvalue weighted by Crippen LogP contribution is -1.93. The van der Waals surface area contributed by atoms with Crippen LogP contribution in [0.4, 0.5) is 15.2 Å². The zero-order valence-corrected chi connectivity index (χ0v) is 13.5. The maximum atomic E-state index is 13.1. The Morgan fingerprint density at radius 3 is 2.62 bits per heavy atom. The van der Waals surface area contributed by atoms with E-state index in [1.807, 2.05) is 26.2 Å². The third kappa shape index (κ3) is 2.96. The summed E-state index contributed by atoms with van der Waals surface area (Å²) < 4.78 is 13.1. The van der Waals surface area contributed by atoms with Crippen LogP contribution in [-0.2, 0) is 0 Å². The highest BCUT2D eigenvalue weighted by atomic mass is 32.1. The molecule has 0 spiro atoms. The molecule has 3 nitrogen and oxygen atoms in total. The van der Waals surface area contributed by atoms with Crippen LogP contribution in [0.5, 0.6) is 0 Å². The Balaban J connectivity index is 1.87.